The molecule has 0 saturated carbocycles. The minimum Gasteiger partial charge on any atom is -0.491 e. The van der Waals surface area contributed by atoms with E-state index in [0.717, 1.165) is 18.5 Å². The van der Waals surface area contributed by atoms with Gasteiger partial charge >= 0.3 is 0 Å². The van der Waals surface area contributed by atoms with Crippen molar-refractivity contribution in [2.24, 2.45) is 4.99 Å². The SMILES string of the molecule is CCCCOc1ccc(-c2nn(-c3ccccc3)cc2/C=C2\SC(N3CCOCC3)=NC2=O)cc1F. The summed E-state index contributed by atoms with van der Waals surface area (Å²) in [6.45, 7) is 5.17. The van der Waals surface area contributed by atoms with Crippen molar-refractivity contribution >= 4 is 28.9 Å². The number of morpholine rings is 1. The first kappa shape index (κ1) is 24.3. The van der Waals surface area contributed by atoms with Gasteiger partial charge in [0.15, 0.2) is 16.7 Å². The van der Waals surface area contributed by atoms with Crippen LogP contribution in [0.5, 0.6) is 5.75 Å². The predicted octanol–water partition coefficient (Wildman–Crippen LogP) is 5.16. The summed E-state index contributed by atoms with van der Waals surface area (Å²) in [5, 5.41) is 5.44. The van der Waals surface area contributed by atoms with Crippen molar-refractivity contribution in [1.29, 1.82) is 0 Å². The maximum Gasteiger partial charge on any atom is 0.286 e. The molecule has 3 heterocycles. The molecule has 2 aromatic carbocycles. The van der Waals surface area contributed by atoms with Crippen LogP contribution in [0.3, 0.4) is 0 Å². The largest absolute Gasteiger partial charge is 0.491 e. The van der Waals surface area contributed by atoms with Gasteiger partial charge in [-0.1, -0.05) is 31.5 Å². The van der Waals surface area contributed by atoms with Gasteiger partial charge in [-0.3, -0.25) is 4.79 Å². The van der Waals surface area contributed by atoms with Crippen LogP contribution >= 0.6 is 11.8 Å². The van der Waals surface area contributed by atoms with Crippen LogP contribution in [0, 0.1) is 5.82 Å². The number of benzene rings is 2. The molecule has 9 heteroatoms. The topological polar surface area (TPSA) is 68.9 Å². The highest BCUT2D eigenvalue weighted by atomic mass is 32.2. The molecular weight excluding hydrogens is 479 g/mol. The van der Waals surface area contributed by atoms with E-state index in [4.69, 9.17) is 14.6 Å². The second kappa shape index (κ2) is 11.1. The quantitative estimate of drug-likeness (QED) is 0.326. The summed E-state index contributed by atoms with van der Waals surface area (Å²) in [6.07, 6.45) is 5.47. The molecule has 0 N–H and O–H groups in total. The Bertz CT molecular complexity index is 1300. The first-order valence-corrected chi connectivity index (χ1v) is 12.9. The zero-order chi connectivity index (χ0) is 24.9. The van der Waals surface area contributed by atoms with E-state index in [1.807, 2.05) is 36.5 Å². The monoisotopic (exact) mass is 506 g/mol. The maximum atomic E-state index is 14.9. The van der Waals surface area contributed by atoms with Gasteiger partial charge in [0.1, 0.15) is 5.69 Å². The summed E-state index contributed by atoms with van der Waals surface area (Å²) in [7, 11) is 0. The molecule has 3 aromatic rings. The lowest BCUT2D eigenvalue weighted by atomic mass is 10.1. The van der Waals surface area contributed by atoms with E-state index < -0.39 is 5.82 Å². The number of unbranched alkanes of at least 4 members (excludes halogenated alkanes) is 1. The van der Waals surface area contributed by atoms with Gasteiger partial charge < -0.3 is 14.4 Å². The van der Waals surface area contributed by atoms with Crippen LogP contribution in [0.25, 0.3) is 23.0 Å². The lowest BCUT2D eigenvalue weighted by molar-refractivity contribution is -0.113. The van der Waals surface area contributed by atoms with Crippen LogP contribution < -0.4 is 4.74 Å². The van der Waals surface area contributed by atoms with Crippen LogP contribution in [0.1, 0.15) is 25.3 Å². The number of thioether (sulfide) groups is 1. The molecule has 0 unspecified atom stereocenters. The van der Waals surface area contributed by atoms with E-state index in [9.17, 15) is 9.18 Å². The number of aliphatic imine (C=N–C) groups is 1. The molecule has 186 valence electrons. The molecular formula is C27H27FN4O3S. The Hall–Kier alpha value is -3.43. The third-order valence-electron chi connectivity index (χ3n) is 5.90. The Labute approximate surface area is 213 Å². The van der Waals surface area contributed by atoms with Gasteiger partial charge in [0, 0.05) is 30.4 Å². The van der Waals surface area contributed by atoms with Gasteiger partial charge in [-0.2, -0.15) is 10.1 Å². The molecule has 0 atom stereocenters. The third-order valence-corrected chi connectivity index (χ3v) is 6.95. The van der Waals surface area contributed by atoms with E-state index in [1.54, 1.807) is 22.9 Å². The molecule has 7 nitrogen and oxygen atoms in total. The predicted molar refractivity (Wildman–Crippen MR) is 140 cm³/mol. The summed E-state index contributed by atoms with van der Waals surface area (Å²) < 4.78 is 27.6. The van der Waals surface area contributed by atoms with Gasteiger partial charge in [-0.15, -0.1) is 0 Å². The summed E-state index contributed by atoms with van der Waals surface area (Å²) in [4.78, 5) is 19.6. The fourth-order valence-corrected chi connectivity index (χ4v) is 4.91. The normalized spacial score (nSPS) is 17.1. The Morgan fingerprint density at radius 2 is 1.97 bits per heavy atom. The fourth-order valence-electron chi connectivity index (χ4n) is 3.95. The van der Waals surface area contributed by atoms with Gasteiger partial charge in [-0.05, 0) is 54.6 Å². The number of para-hydroxylation sites is 1. The van der Waals surface area contributed by atoms with Gasteiger partial charge in [0.05, 0.1) is 30.4 Å². The molecule has 2 aliphatic rings. The Morgan fingerprint density at radius 3 is 2.72 bits per heavy atom. The maximum absolute atomic E-state index is 14.9. The molecule has 0 radical (unpaired) electrons. The van der Waals surface area contributed by atoms with E-state index in [0.29, 0.717) is 59.8 Å². The van der Waals surface area contributed by atoms with Crippen molar-refractivity contribution in [3.8, 4) is 22.7 Å². The number of hydrogen-bond acceptors (Lipinski definition) is 6. The van der Waals surface area contributed by atoms with Gasteiger partial charge in [-0.25, -0.2) is 9.07 Å². The molecule has 0 bridgehead atoms. The van der Waals surface area contributed by atoms with Crippen molar-refractivity contribution < 1.29 is 18.7 Å². The van der Waals surface area contributed by atoms with Crippen LogP contribution in [0.15, 0.2) is 64.6 Å². The number of carbonyl (C=O) groups excluding carboxylic acids is 1. The smallest absolute Gasteiger partial charge is 0.286 e. The molecule has 1 fully saturated rings. The molecule has 1 aromatic heterocycles. The highest BCUT2D eigenvalue weighted by Crippen LogP contribution is 2.34. The van der Waals surface area contributed by atoms with E-state index in [1.165, 1.54) is 17.8 Å². The van der Waals surface area contributed by atoms with Crippen molar-refractivity contribution in [3.05, 3.63) is 71.0 Å². The van der Waals surface area contributed by atoms with Crippen LogP contribution in [-0.4, -0.2) is 58.7 Å². The number of amides is 1. The zero-order valence-corrected chi connectivity index (χ0v) is 20.8. The molecule has 2 aliphatic heterocycles. The van der Waals surface area contributed by atoms with Crippen molar-refractivity contribution in [2.45, 2.75) is 19.8 Å². The third kappa shape index (κ3) is 5.37. The van der Waals surface area contributed by atoms with E-state index in [-0.39, 0.29) is 11.7 Å². The molecule has 36 heavy (non-hydrogen) atoms. The Balaban J connectivity index is 1.48. The molecule has 1 saturated heterocycles. The minimum absolute atomic E-state index is 0.222. The molecule has 0 spiro atoms. The van der Waals surface area contributed by atoms with Crippen molar-refractivity contribution in [1.82, 2.24) is 14.7 Å². The van der Waals surface area contributed by atoms with Crippen LogP contribution in [-0.2, 0) is 9.53 Å². The summed E-state index contributed by atoms with van der Waals surface area (Å²) in [6, 6.07) is 14.5. The molecule has 0 aliphatic carbocycles. The number of hydrogen-bond donors (Lipinski definition) is 0. The lowest BCUT2D eigenvalue weighted by Crippen LogP contribution is -2.38. The Kier molecular flexibility index (Phi) is 7.48. The standard InChI is InChI=1S/C27H27FN4O3S/c1-2-3-13-35-23-10-9-19(16-22(23)28)25-20(18-32(30-25)21-7-5-4-6-8-21)17-24-26(33)29-27(36-24)31-11-14-34-15-12-31/h4-10,16-18H,2-3,11-15H2,1H3/b24-17-. The first-order chi connectivity index (χ1) is 17.6. The average Bonchev–Trinajstić information content (AvgIpc) is 3.50. The van der Waals surface area contributed by atoms with Gasteiger partial charge in [0.25, 0.3) is 5.91 Å². The number of nitrogens with zero attached hydrogens (tertiary/aromatic N) is 4. The minimum atomic E-state index is -0.444. The second-order valence-corrected chi connectivity index (χ2v) is 9.48. The van der Waals surface area contributed by atoms with Gasteiger partial charge in [0.2, 0.25) is 0 Å². The van der Waals surface area contributed by atoms with E-state index >= 15 is 0 Å². The highest BCUT2D eigenvalue weighted by Gasteiger charge is 2.28. The fraction of sp³-hybridized carbons (Fsp3) is 0.296. The molecule has 5 rings (SSSR count). The second-order valence-electron chi connectivity index (χ2n) is 8.47. The lowest BCUT2D eigenvalue weighted by Gasteiger charge is -2.27. The zero-order valence-electron chi connectivity index (χ0n) is 20.0. The number of rotatable bonds is 7. The summed E-state index contributed by atoms with van der Waals surface area (Å²) in [5.41, 5.74) is 2.73. The summed E-state index contributed by atoms with van der Waals surface area (Å²) >= 11 is 1.35. The number of carbonyl (C=O) groups is 1. The van der Waals surface area contributed by atoms with Crippen molar-refractivity contribution in [2.75, 3.05) is 32.9 Å². The highest BCUT2D eigenvalue weighted by molar-refractivity contribution is 8.18. The molecule has 1 amide bonds. The van der Waals surface area contributed by atoms with Crippen molar-refractivity contribution in [3.63, 3.8) is 0 Å². The summed E-state index contributed by atoms with van der Waals surface area (Å²) in [5.74, 6) is -0.508. The van der Waals surface area contributed by atoms with Crippen LogP contribution in [0.4, 0.5) is 4.39 Å². The number of aromatic nitrogens is 2. The number of amidine groups is 1. The van der Waals surface area contributed by atoms with E-state index in [2.05, 4.69) is 16.8 Å². The number of ether oxygens (including phenoxy) is 2. The number of halogens is 1. The average molecular weight is 507 g/mol. The Morgan fingerprint density at radius 1 is 1.17 bits per heavy atom. The first-order valence-electron chi connectivity index (χ1n) is 12.1. The van der Waals surface area contributed by atoms with Crippen LogP contribution in [0.2, 0.25) is 0 Å².